The summed E-state index contributed by atoms with van der Waals surface area (Å²) >= 11 is 3.59. The number of fused-ring (bicyclic) bond motifs is 2. The Balaban J connectivity index is 0.00000241. The van der Waals surface area contributed by atoms with Crippen LogP contribution in [0.3, 0.4) is 0 Å². The van der Waals surface area contributed by atoms with Gasteiger partial charge in [0.25, 0.3) is 0 Å². The lowest BCUT2D eigenvalue weighted by atomic mass is 9.95. The van der Waals surface area contributed by atoms with Crippen LogP contribution in [0.15, 0.2) is 41.7 Å². The molecule has 6 nitrogen and oxygen atoms in total. The van der Waals surface area contributed by atoms with Crippen LogP contribution in [0.5, 0.6) is 0 Å². The number of piperidine rings is 1. The van der Waals surface area contributed by atoms with Gasteiger partial charge in [-0.3, -0.25) is 4.98 Å². The van der Waals surface area contributed by atoms with Gasteiger partial charge in [0.1, 0.15) is 0 Å². The fourth-order valence-corrected chi connectivity index (χ4v) is 6.94. The molecule has 4 heterocycles. The fourth-order valence-electron chi connectivity index (χ4n) is 5.30. The number of benzene rings is 1. The number of pyridine rings is 1. The Labute approximate surface area is 214 Å². The number of likely N-dealkylation sites (tertiary alicyclic amines) is 1. The minimum atomic E-state index is 0. The average molecular weight is 513 g/mol. The largest absolute Gasteiger partial charge is 0.305 e. The molecular weight excluding hydrogens is 484 g/mol. The van der Waals surface area contributed by atoms with Crippen molar-refractivity contribution in [3.8, 4) is 11.4 Å². The molecule has 4 aromatic rings. The van der Waals surface area contributed by atoms with Crippen molar-refractivity contribution >= 4 is 45.7 Å². The number of hydrogen-bond donors (Lipinski definition) is 0. The van der Waals surface area contributed by atoms with E-state index in [4.69, 9.17) is 4.98 Å². The number of rotatable bonds is 7. The van der Waals surface area contributed by atoms with Gasteiger partial charge in [-0.25, -0.2) is 4.98 Å². The summed E-state index contributed by atoms with van der Waals surface area (Å²) < 4.78 is 3.38. The molecule has 0 spiro atoms. The van der Waals surface area contributed by atoms with Crippen molar-refractivity contribution in [2.75, 3.05) is 25.4 Å². The van der Waals surface area contributed by atoms with Crippen molar-refractivity contribution in [1.82, 2.24) is 29.6 Å². The predicted octanol–water partition coefficient (Wildman–Crippen LogP) is 5.28. The van der Waals surface area contributed by atoms with Crippen molar-refractivity contribution in [3.63, 3.8) is 0 Å². The highest BCUT2D eigenvalue weighted by Crippen LogP contribution is 2.59. The molecule has 0 bridgehead atoms. The van der Waals surface area contributed by atoms with Gasteiger partial charge in [0, 0.05) is 48.8 Å². The summed E-state index contributed by atoms with van der Waals surface area (Å²) in [6.07, 6.45) is 4.37. The smallest absolute Gasteiger partial charge is 0.191 e. The summed E-state index contributed by atoms with van der Waals surface area (Å²) in [6.45, 7) is 7.65. The molecule has 2 atom stereocenters. The maximum atomic E-state index is 4.72. The van der Waals surface area contributed by atoms with Crippen LogP contribution in [0.4, 0.5) is 0 Å². The van der Waals surface area contributed by atoms with Crippen molar-refractivity contribution in [2.24, 2.45) is 13.0 Å². The fraction of sp³-hybridized carbons (Fsp3) is 0.440. The molecule has 34 heavy (non-hydrogen) atoms. The van der Waals surface area contributed by atoms with Crippen molar-refractivity contribution in [2.45, 2.75) is 37.3 Å². The Morgan fingerprint density at radius 2 is 2.06 bits per heavy atom. The van der Waals surface area contributed by atoms with E-state index < -0.39 is 0 Å². The van der Waals surface area contributed by atoms with Gasteiger partial charge >= 0.3 is 0 Å². The third kappa shape index (κ3) is 4.26. The molecule has 1 aliphatic carbocycles. The van der Waals surface area contributed by atoms with Gasteiger partial charge in [-0.2, -0.15) is 0 Å². The van der Waals surface area contributed by atoms with Gasteiger partial charge in [0.15, 0.2) is 11.0 Å². The van der Waals surface area contributed by atoms with Crippen LogP contribution in [0.1, 0.15) is 29.1 Å². The van der Waals surface area contributed by atoms with E-state index in [1.807, 2.05) is 26.2 Å². The Bertz CT molecular complexity index is 1320. The third-order valence-electron chi connectivity index (χ3n) is 7.14. The molecule has 178 valence electrons. The highest BCUT2D eigenvalue weighted by atomic mass is 35.5. The van der Waals surface area contributed by atoms with Crippen LogP contribution in [0, 0.1) is 19.8 Å². The number of hydrogen-bond acceptors (Lipinski definition) is 7. The molecule has 2 fully saturated rings. The van der Waals surface area contributed by atoms with Crippen LogP contribution in [0.25, 0.3) is 21.6 Å². The van der Waals surface area contributed by atoms with E-state index >= 15 is 0 Å². The topological polar surface area (TPSA) is 59.7 Å². The summed E-state index contributed by atoms with van der Waals surface area (Å²) in [5.74, 6) is 2.74. The van der Waals surface area contributed by atoms with Crippen molar-refractivity contribution < 1.29 is 0 Å². The zero-order chi connectivity index (χ0) is 22.6. The molecule has 0 N–H and O–H groups in total. The molecule has 0 radical (unpaired) electrons. The van der Waals surface area contributed by atoms with E-state index in [2.05, 4.69) is 55.8 Å². The van der Waals surface area contributed by atoms with Gasteiger partial charge < -0.3 is 9.47 Å². The maximum Gasteiger partial charge on any atom is 0.191 e. The lowest BCUT2D eigenvalue weighted by Crippen LogP contribution is -2.27. The van der Waals surface area contributed by atoms with E-state index in [1.165, 1.54) is 35.3 Å². The van der Waals surface area contributed by atoms with E-state index in [1.54, 1.807) is 23.1 Å². The first-order valence-corrected chi connectivity index (χ1v) is 13.4. The van der Waals surface area contributed by atoms with Crippen LogP contribution >= 0.6 is 35.5 Å². The number of halogens is 1. The molecule has 1 aliphatic heterocycles. The Morgan fingerprint density at radius 3 is 2.88 bits per heavy atom. The lowest BCUT2D eigenvalue weighted by molar-refractivity contribution is 0.299. The monoisotopic (exact) mass is 512 g/mol. The molecule has 2 aliphatic rings. The van der Waals surface area contributed by atoms with Gasteiger partial charge in [-0.15, -0.1) is 33.9 Å². The summed E-state index contributed by atoms with van der Waals surface area (Å²) in [7, 11) is 2.04. The molecule has 3 aromatic heterocycles. The Kier molecular flexibility index (Phi) is 6.44. The SMILES string of the molecule is Cc1ccc(-c2nnc(SCCCN3C[C@H]4CC4(c4ccc5sc(C)nc5c4)C3)n2C)cn1.Cl. The first-order chi connectivity index (χ1) is 16.0. The zero-order valence-corrected chi connectivity index (χ0v) is 22.1. The van der Waals surface area contributed by atoms with E-state index in [9.17, 15) is 0 Å². The predicted molar refractivity (Wildman–Crippen MR) is 142 cm³/mol. The molecule has 1 saturated heterocycles. The second kappa shape index (κ2) is 9.22. The Hall–Kier alpha value is -2.00. The minimum Gasteiger partial charge on any atom is -0.305 e. The Morgan fingerprint density at radius 1 is 1.18 bits per heavy atom. The number of thioether (sulfide) groups is 1. The van der Waals surface area contributed by atoms with Crippen LogP contribution in [-0.2, 0) is 12.5 Å². The first-order valence-electron chi connectivity index (χ1n) is 11.6. The molecule has 9 heteroatoms. The summed E-state index contributed by atoms with van der Waals surface area (Å²) in [6, 6.07) is 11.1. The number of nitrogens with zero attached hydrogens (tertiary/aromatic N) is 6. The summed E-state index contributed by atoms with van der Waals surface area (Å²) in [5, 5.41) is 10.9. The van der Waals surface area contributed by atoms with Crippen LogP contribution in [-0.4, -0.2) is 55.0 Å². The molecule has 1 saturated carbocycles. The van der Waals surface area contributed by atoms with Gasteiger partial charge in [0.05, 0.1) is 15.2 Å². The van der Waals surface area contributed by atoms with Crippen molar-refractivity contribution in [1.29, 1.82) is 0 Å². The van der Waals surface area contributed by atoms with Gasteiger partial charge in [0.2, 0.25) is 0 Å². The molecule has 1 unspecified atom stereocenters. The summed E-state index contributed by atoms with van der Waals surface area (Å²) in [5.41, 5.74) is 5.07. The molecule has 6 rings (SSSR count). The van der Waals surface area contributed by atoms with E-state index in [0.29, 0.717) is 5.41 Å². The normalized spacial score (nSPS) is 21.6. The maximum absolute atomic E-state index is 4.72. The minimum absolute atomic E-state index is 0. The second-order valence-corrected chi connectivity index (χ2v) is 11.8. The molecule has 0 amide bonds. The second-order valence-electron chi connectivity index (χ2n) is 9.46. The zero-order valence-electron chi connectivity index (χ0n) is 19.7. The highest BCUT2D eigenvalue weighted by Gasteiger charge is 2.60. The quantitative estimate of drug-likeness (QED) is 0.248. The first kappa shape index (κ1) is 23.7. The molecular formula is C25H29ClN6S2. The van der Waals surface area contributed by atoms with E-state index in [-0.39, 0.29) is 12.4 Å². The summed E-state index contributed by atoms with van der Waals surface area (Å²) in [4.78, 5) is 11.8. The van der Waals surface area contributed by atoms with Crippen LogP contribution < -0.4 is 0 Å². The number of thiazole rings is 1. The van der Waals surface area contributed by atoms with Crippen LogP contribution in [0.2, 0.25) is 0 Å². The third-order valence-corrected chi connectivity index (χ3v) is 9.20. The van der Waals surface area contributed by atoms with Gasteiger partial charge in [-0.05, 0) is 69.0 Å². The van der Waals surface area contributed by atoms with E-state index in [0.717, 1.165) is 51.9 Å². The standard InChI is InChI=1S/C25H28N6S2.ClH/c1-16-5-6-18(13-26-16)23-28-29-24(30(23)3)32-10-4-9-31-14-20-12-25(20,15-31)19-7-8-22-21(11-19)27-17(2)33-22;/h5-8,11,13,20H,4,9-10,12,14-15H2,1-3H3;1H/t20-,25?;/m1./s1. The van der Waals surface area contributed by atoms with Crippen molar-refractivity contribution in [3.05, 3.63) is 52.8 Å². The number of aryl methyl sites for hydroxylation is 2. The van der Waals surface area contributed by atoms with Gasteiger partial charge in [-0.1, -0.05) is 17.8 Å². The molecule has 1 aromatic carbocycles. The average Bonchev–Trinajstić information content (AvgIpc) is 3.08. The number of aromatic nitrogens is 5. The highest BCUT2D eigenvalue weighted by molar-refractivity contribution is 7.99. The lowest BCUT2D eigenvalue weighted by Gasteiger charge is -2.21.